The van der Waals surface area contributed by atoms with Crippen molar-refractivity contribution in [2.75, 3.05) is 20.2 Å². The maximum Gasteiger partial charge on any atom is 0.159 e. The largest absolute Gasteiger partial charge is 0.497 e. The molecule has 4 nitrogen and oxygen atoms in total. The number of benzene rings is 1. The number of thiocarbonyl (C=S) groups is 1. The number of piperidine rings is 1. The molecule has 140 valence electrons. The van der Waals surface area contributed by atoms with Gasteiger partial charge < -0.3 is 14.6 Å². The third-order valence-corrected chi connectivity index (χ3v) is 6.77. The molecule has 1 fully saturated rings. The van der Waals surface area contributed by atoms with Crippen molar-refractivity contribution in [2.24, 2.45) is 5.92 Å². The number of nitrogens with one attached hydrogen (secondary N) is 1. The van der Waals surface area contributed by atoms with Crippen molar-refractivity contribution in [1.29, 1.82) is 0 Å². The van der Waals surface area contributed by atoms with Crippen LogP contribution < -0.4 is 0 Å². The van der Waals surface area contributed by atoms with Crippen LogP contribution in [0, 0.1) is 5.92 Å². The Hall–Kier alpha value is -1.98. The van der Waals surface area contributed by atoms with Crippen molar-refractivity contribution in [3.05, 3.63) is 46.9 Å². The number of carbonyl (C=O) groups excluding carboxylic acids is 1. The molecule has 0 amide bonds. The van der Waals surface area contributed by atoms with E-state index < -0.39 is 0 Å². The van der Waals surface area contributed by atoms with Gasteiger partial charge in [0.15, 0.2) is 5.78 Å². The molecule has 0 radical (unpaired) electrons. The molecular formula is C22H24N2O2S. The quantitative estimate of drug-likeness (QED) is 0.821. The van der Waals surface area contributed by atoms with Crippen LogP contribution in [0.1, 0.15) is 42.0 Å². The highest BCUT2D eigenvalue weighted by molar-refractivity contribution is 7.79. The van der Waals surface area contributed by atoms with Crippen LogP contribution in [0.5, 0.6) is 0 Å². The van der Waals surface area contributed by atoms with E-state index in [-0.39, 0.29) is 5.78 Å². The van der Waals surface area contributed by atoms with E-state index in [2.05, 4.69) is 35.1 Å². The number of fused-ring (bicyclic) bond motifs is 2. The predicted molar refractivity (Wildman–Crippen MR) is 110 cm³/mol. The van der Waals surface area contributed by atoms with Crippen LogP contribution in [0.4, 0.5) is 0 Å². The standard InChI is InChI=1S/C22H24N2O2S/c1-24-10-13(11-26-15-6-5-14(25)8-15)7-17-16-3-2-4-19-22(16)18(9-21(17)24)20(12-27)23-19/h2-4,8,12-13,17,21,23H,5-7,9-11H2,1H3/t13?,17?,21-/m1/s1. The molecular weight excluding hydrogens is 356 g/mol. The minimum absolute atomic E-state index is 0.194. The number of ketones is 1. The lowest BCUT2D eigenvalue weighted by molar-refractivity contribution is -0.114. The first-order valence-corrected chi connectivity index (χ1v) is 10.3. The Morgan fingerprint density at radius 3 is 3.04 bits per heavy atom. The molecule has 5 rings (SSSR count). The summed E-state index contributed by atoms with van der Waals surface area (Å²) in [6.07, 6.45) is 5.22. The maximum atomic E-state index is 11.4. The van der Waals surface area contributed by atoms with Crippen LogP contribution >= 0.6 is 12.2 Å². The Bertz CT molecular complexity index is 961. The summed E-state index contributed by atoms with van der Waals surface area (Å²) in [5.41, 5.74) is 5.13. The van der Waals surface area contributed by atoms with Crippen LogP contribution in [-0.2, 0) is 16.0 Å². The molecule has 1 aliphatic heterocycles. The van der Waals surface area contributed by atoms with E-state index in [0.717, 1.165) is 37.3 Å². The zero-order chi connectivity index (χ0) is 18.5. The Labute approximate surface area is 164 Å². The van der Waals surface area contributed by atoms with Gasteiger partial charge in [-0.1, -0.05) is 24.4 Å². The average Bonchev–Trinajstić information content (AvgIpc) is 3.25. The molecule has 1 N–H and O–H groups in total. The van der Waals surface area contributed by atoms with Gasteiger partial charge in [-0.15, -0.1) is 0 Å². The molecule has 5 heteroatoms. The molecule has 1 saturated heterocycles. The third kappa shape index (κ3) is 2.84. The van der Waals surface area contributed by atoms with Gasteiger partial charge in [-0.25, -0.2) is 0 Å². The van der Waals surface area contributed by atoms with Gasteiger partial charge in [-0.05, 0) is 37.1 Å². The van der Waals surface area contributed by atoms with Gasteiger partial charge >= 0.3 is 0 Å². The zero-order valence-corrected chi connectivity index (χ0v) is 16.3. The number of hydrogen-bond acceptors (Lipinski definition) is 4. The van der Waals surface area contributed by atoms with E-state index in [9.17, 15) is 4.79 Å². The second kappa shape index (κ2) is 6.57. The number of hydrogen-bond donors (Lipinski definition) is 1. The minimum Gasteiger partial charge on any atom is -0.497 e. The lowest BCUT2D eigenvalue weighted by Gasteiger charge is -2.45. The van der Waals surface area contributed by atoms with Crippen molar-refractivity contribution in [3.8, 4) is 0 Å². The molecule has 0 spiro atoms. The second-order valence-corrected chi connectivity index (χ2v) is 8.45. The monoisotopic (exact) mass is 380 g/mol. The van der Waals surface area contributed by atoms with Gasteiger partial charge in [0.1, 0.15) is 0 Å². The molecule has 2 unspecified atom stereocenters. The fourth-order valence-electron chi connectivity index (χ4n) is 5.30. The topological polar surface area (TPSA) is 45.3 Å². The first kappa shape index (κ1) is 17.1. The fourth-order valence-corrected chi connectivity index (χ4v) is 5.50. The van der Waals surface area contributed by atoms with Crippen LogP contribution in [0.25, 0.3) is 10.9 Å². The third-order valence-electron chi connectivity index (χ3n) is 6.53. The molecule has 1 aromatic heterocycles. The SMILES string of the molecule is CN1CC(COC2=CC(=O)CC2)CC2c3cccc4[nH]c(C=S)c(c34)C[C@H]21. The lowest BCUT2D eigenvalue weighted by atomic mass is 9.72. The van der Waals surface area contributed by atoms with Crippen molar-refractivity contribution in [1.82, 2.24) is 9.88 Å². The second-order valence-electron chi connectivity index (χ2n) is 8.21. The van der Waals surface area contributed by atoms with Crippen molar-refractivity contribution < 1.29 is 9.53 Å². The Morgan fingerprint density at radius 2 is 2.26 bits per heavy atom. The molecule has 2 heterocycles. The number of ether oxygens (including phenoxy) is 1. The Kier molecular flexibility index (Phi) is 4.17. The molecule has 1 aromatic carbocycles. The predicted octanol–water partition coefficient (Wildman–Crippen LogP) is 3.74. The van der Waals surface area contributed by atoms with E-state index in [4.69, 9.17) is 17.0 Å². The van der Waals surface area contributed by atoms with Gasteiger partial charge in [0.25, 0.3) is 0 Å². The van der Waals surface area contributed by atoms with Gasteiger partial charge in [-0.3, -0.25) is 4.79 Å². The fraction of sp³-hybridized carbons (Fsp3) is 0.455. The number of aromatic nitrogens is 1. The summed E-state index contributed by atoms with van der Waals surface area (Å²) in [7, 11) is 2.23. The molecule has 2 aromatic rings. The molecule has 0 bridgehead atoms. The van der Waals surface area contributed by atoms with Crippen LogP contribution in [0.2, 0.25) is 0 Å². The summed E-state index contributed by atoms with van der Waals surface area (Å²) < 4.78 is 5.99. The Balaban J connectivity index is 1.43. The summed E-state index contributed by atoms with van der Waals surface area (Å²) in [4.78, 5) is 17.4. The number of carbonyl (C=O) groups is 1. The van der Waals surface area contributed by atoms with E-state index in [1.807, 2.05) is 0 Å². The minimum atomic E-state index is 0.194. The van der Waals surface area contributed by atoms with Gasteiger partial charge in [-0.2, -0.15) is 0 Å². The molecule has 27 heavy (non-hydrogen) atoms. The van der Waals surface area contributed by atoms with Crippen molar-refractivity contribution in [2.45, 2.75) is 37.6 Å². The molecule has 3 aliphatic rings. The number of aromatic amines is 1. The number of rotatable bonds is 4. The van der Waals surface area contributed by atoms with E-state index in [1.54, 1.807) is 11.4 Å². The highest BCUT2D eigenvalue weighted by atomic mass is 32.1. The first-order chi connectivity index (χ1) is 13.1. The summed E-state index contributed by atoms with van der Waals surface area (Å²) in [6, 6.07) is 7.11. The number of likely N-dealkylation sites (tertiary alicyclic amines) is 1. The van der Waals surface area contributed by atoms with Crippen LogP contribution in [0.15, 0.2) is 30.0 Å². The number of allylic oxidation sites excluding steroid dienone is 2. The maximum absolute atomic E-state index is 11.4. The smallest absolute Gasteiger partial charge is 0.159 e. The van der Waals surface area contributed by atoms with Crippen LogP contribution in [0.3, 0.4) is 0 Å². The summed E-state index contributed by atoms with van der Waals surface area (Å²) >= 11 is 5.26. The first-order valence-electron chi connectivity index (χ1n) is 9.79. The lowest BCUT2D eigenvalue weighted by Crippen LogP contribution is -2.48. The average molecular weight is 381 g/mol. The summed E-state index contributed by atoms with van der Waals surface area (Å²) in [6.45, 7) is 1.73. The number of likely N-dealkylation sites (N-methyl/N-ethyl adjacent to an activating group) is 1. The van der Waals surface area contributed by atoms with Gasteiger partial charge in [0.2, 0.25) is 0 Å². The van der Waals surface area contributed by atoms with Crippen molar-refractivity contribution in [3.63, 3.8) is 0 Å². The van der Waals surface area contributed by atoms with Gasteiger partial charge in [0, 0.05) is 59.6 Å². The summed E-state index contributed by atoms with van der Waals surface area (Å²) in [5, 5.41) is 3.17. The molecule has 2 aliphatic carbocycles. The van der Waals surface area contributed by atoms with Crippen molar-refractivity contribution >= 4 is 34.3 Å². The summed E-state index contributed by atoms with van der Waals surface area (Å²) in [5.74, 6) is 2.06. The normalized spacial score (nSPS) is 27.5. The van der Waals surface area contributed by atoms with Gasteiger partial charge in [0.05, 0.1) is 18.1 Å². The van der Waals surface area contributed by atoms with E-state index >= 15 is 0 Å². The highest BCUT2D eigenvalue weighted by Crippen LogP contribution is 2.45. The molecule has 0 saturated carbocycles. The number of nitrogens with zero attached hydrogens (tertiary/aromatic N) is 1. The van der Waals surface area contributed by atoms with E-state index in [1.165, 1.54) is 22.0 Å². The van der Waals surface area contributed by atoms with Crippen LogP contribution in [-0.4, -0.2) is 47.3 Å². The van der Waals surface area contributed by atoms with E-state index in [0.29, 0.717) is 30.9 Å². The Morgan fingerprint density at radius 1 is 1.37 bits per heavy atom. The highest BCUT2D eigenvalue weighted by Gasteiger charge is 2.40. The number of H-pyrrole nitrogens is 1. The zero-order valence-electron chi connectivity index (χ0n) is 15.5. The molecule has 3 atom stereocenters.